The molecule has 1 aromatic heterocycles. The summed E-state index contributed by atoms with van der Waals surface area (Å²) in [6.45, 7) is 9.44. The smallest absolute Gasteiger partial charge is 0.0638 e. The molecule has 3 N–H and O–H groups in total. The van der Waals surface area contributed by atoms with Crippen LogP contribution in [0, 0.1) is 19.8 Å². The van der Waals surface area contributed by atoms with Gasteiger partial charge in [-0.25, -0.2) is 0 Å². The zero-order valence-electron chi connectivity index (χ0n) is 10.7. The number of nitrogens with one attached hydrogen (secondary N) is 2. The SMILES string of the molecule is Cc1n[nH]c(C)c1CNC(CCO)C(C)C. The minimum atomic E-state index is 0.235. The predicted molar refractivity (Wildman–Crippen MR) is 65.2 cm³/mol. The maximum absolute atomic E-state index is 8.99. The number of aromatic nitrogens is 2. The van der Waals surface area contributed by atoms with Crippen molar-refractivity contribution in [2.45, 2.75) is 46.7 Å². The standard InChI is InChI=1S/C12H23N3O/c1-8(2)12(5-6-16)13-7-11-9(3)14-15-10(11)4/h8,12-13,16H,5-7H2,1-4H3,(H,14,15). The van der Waals surface area contributed by atoms with Crippen LogP contribution in [0.25, 0.3) is 0 Å². The van der Waals surface area contributed by atoms with Gasteiger partial charge in [0.05, 0.1) is 5.69 Å². The highest BCUT2D eigenvalue weighted by Crippen LogP contribution is 2.11. The Kier molecular flexibility index (Phi) is 4.96. The molecule has 0 amide bonds. The molecule has 92 valence electrons. The molecule has 1 rings (SSSR count). The average molecular weight is 225 g/mol. The van der Waals surface area contributed by atoms with Crippen molar-refractivity contribution in [2.24, 2.45) is 5.92 Å². The predicted octanol–water partition coefficient (Wildman–Crippen LogP) is 1.52. The fourth-order valence-corrected chi connectivity index (χ4v) is 1.88. The van der Waals surface area contributed by atoms with Gasteiger partial charge in [-0.05, 0) is 26.2 Å². The van der Waals surface area contributed by atoms with Crippen molar-refractivity contribution in [3.05, 3.63) is 17.0 Å². The van der Waals surface area contributed by atoms with Gasteiger partial charge in [0.25, 0.3) is 0 Å². The van der Waals surface area contributed by atoms with Crippen LogP contribution in [0.5, 0.6) is 0 Å². The van der Waals surface area contributed by atoms with Crippen LogP contribution in [0.2, 0.25) is 0 Å². The average Bonchev–Trinajstić information content (AvgIpc) is 2.54. The van der Waals surface area contributed by atoms with Gasteiger partial charge in [0, 0.05) is 30.5 Å². The topological polar surface area (TPSA) is 60.9 Å². The van der Waals surface area contributed by atoms with E-state index in [1.807, 2.05) is 13.8 Å². The highest BCUT2D eigenvalue weighted by atomic mass is 16.3. The van der Waals surface area contributed by atoms with Gasteiger partial charge in [0.15, 0.2) is 0 Å². The Labute approximate surface area is 97.5 Å². The first-order chi connectivity index (χ1) is 7.56. The molecule has 0 aromatic carbocycles. The Morgan fingerprint density at radius 2 is 2.06 bits per heavy atom. The third-order valence-electron chi connectivity index (χ3n) is 3.07. The number of aromatic amines is 1. The lowest BCUT2D eigenvalue weighted by atomic mass is 10.0. The second-order valence-electron chi connectivity index (χ2n) is 4.66. The second kappa shape index (κ2) is 6.01. The maximum Gasteiger partial charge on any atom is 0.0638 e. The number of hydrogen-bond donors (Lipinski definition) is 3. The van der Waals surface area contributed by atoms with E-state index in [2.05, 4.69) is 29.4 Å². The summed E-state index contributed by atoms with van der Waals surface area (Å²) in [6, 6.07) is 0.360. The van der Waals surface area contributed by atoms with E-state index in [9.17, 15) is 0 Å². The molecule has 1 aromatic rings. The van der Waals surface area contributed by atoms with Crippen LogP contribution < -0.4 is 5.32 Å². The molecule has 0 spiro atoms. The van der Waals surface area contributed by atoms with Gasteiger partial charge in [0.1, 0.15) is 0 Å². The van der Waals surface area contributed by atoms with E-state index < -0.39 is 0 Å². The highest BCUT2D eigenvalue weighted by Gasteiger charge is 2.13. The summed E-state index contributed by atoms with van der Waals surface area (Å²) in [7, 11) is 0. The molecule has 1 heterocycles. The van der Waals surface area contributed by atoms with Crippen LogP contribution in [0.3, 0.4) is 0 Å². The minimum Gasteiger partial charge on any atom is -0.396 e. The summed E-state index contributed by atoms with van der Waals surface area (Å²) in [6.07, 6.45) is 0.799. The zero-order chi connectivity index (χ0) is 12.1. The Morgan fingerprint density at radius 1 is 1.38 bits per heavy atom. The molecule has 0 saturated heterocycles. The van der Waals surface area contributed by atoms with Gasteiger partial charge >= 0.3 is 0 Å². The van der Waals surface area contributed by atoms with E-state index in [1.54, 1.807) is 0 Å². The quantitative estimate of drug-likeness (QED) is 0.688. The maximum atomic E-state index is 8.99. The fraction of sp³-hybridized carbons (Fsp3) is 0.750. The fourth-order valence-electron chi connectivity index (χ4n) is 1.88. The van der Waals surface area contributed by atoms with E-state index >= 15 is 0 Å². The van der Waals surface area contributed by atoms with Crippen LogP contribution >= 0.6 is 0 Å². The molecule has 0 bridgehead atoms. The summed E-state index contributed by atoms with van der Waals surface area (Å²) in [5.74, 6) is 0.527. The molecule has 4 heteroatoms. The molecule has 1 atom stereocenters. The third kappa shape index (κ3) is 3.32. The zero-order valence-corrected chi connectivity index (χ0v) is 10.7. The van der Waals surface area contributed by atoms with Crippen molar-refractivity contribution in [2.75, 3.05) is 6.61 Å². The summed E-state index contributed by atoms with van der Waals surface area (Å²) >= 11 is 0. The Hall–Kier alpha value is -0.870. The molecule has 16 heavy (non-hydrogen) atoms. The first kappa shape index (κ1) is 13.2. The van der Waals surface area contributed by atoms with Crippen molar-refractivity contribution in [3.63, 3.8) is 0 Å². The summed E-state index contributed by atoms with van der Waals surface area (Å²) in [5, 5.41) is 19.6. The van der Waals surface area contributed by atoms with Crippen molar-refractivity contribution in [3.8, 4) is 0 Å². The molecule has 0 saturated carbocycles. The second-order valence-corrected chi connectivity index (χ2v) is 4.66. The minimum absolute atomic E-state index is 0.235. The highest BCUT2D eigenvalue weighted by molar-refractivity contribution is 5.22. The molecule has 0 aliphatic carbocycles. The number of hydrogen-bond acceptors (Lipinski definition) is 3. The lowest BCUT2D eigenvalue weighted by Gasteiger charge is -2.21. The largest absolute Gasteiger partial charge is 0.396 e. The number of nitrogens with zero attached hydrogens (tertiary/aromatic N) is 1. The lowest BCUT2D eigenvalue weighted by molar-refractivity contribution is 0.243. The van der Waals surface area contributed by atoms with Crippen molar-refractivity contribution in [1.82, 2.24) is 15.5 Å². The molecular formula is C12H23N3O. The number of aliphatic hydroxyl groups is 1. The first-order valence-corrected chi connectivity index (χ1v) is 5.91. The van der Waals surface area contributed by atoms with Gasteiger partial charge < -0.3 is 10.4 Å². The molecular weight excluding hydrogens is 202 g/mol. The van der Waals surface area contributed by atoms with E-state index in [0.717, 1.165) is 24.4 Å². The van der Waals surface area contributed by atoms with E-state index in [0.29, 0.717) is 12.0 Å². The Bertz CT molecular complexity index is 301. The number of aryl methyl sites for hydroxylation is 2. The Morgan fingerprint density at radius 3 is 2.50 bits per heavy atom. The Balaban J connectivity index is 2.55. The van der Waals surface area contributed by atoms with Crippen LogP contribution in [0.15, 0.2) is 0 Å². The van der Waals surface area contributed by atoms with Gasteiger partial charge in [0.2, 0.25) is 0 Å². The normalized spacial score (nSPS) is 13.4. The van der Waals surface area contributed by atoms with Crippen molar-refractivity contribution < 1.29 is 5.11 Å². The van der Waals surface area contributed by atoms with Crippen molar-refractivity contribution in [1.29, 1.82) is 0 Å². The molecule has 0 fully saturated rings. The van der Waals surface area contributed by atoms with Gasteiger partial charge in [-0.2, -0.15) is 5.10 Å². The van der Waals surface area contributed by atoms with E-state index in [1.165, 1.54) is 5.56 Å². The number of aliphatic hydroxyl groups excluding tert-OH is 1. The van der Waals surface area contributed by atoms with Gasteiger partial charge in [-0.3, -0.25) is 5.10 Å². The van der Waals surface area contributed by atoms with Crippen LogP contribution in [0.4, 0.5) is 0 Å². The summed E-state index contributed by atoms with van der Waals surface area (Å²) < 4.78 is 0. The van der Waals surface area contributed by atoms with Crippen LogP contribution in [0.1, 0.15) is 37.2 Å². The van der Waals surface area contributed by atoms with E-state index in [-0.39, 0.29) is 6.61 Å². The summed E-state index contributed by atoms with van der Waals surface area (Å²) in [4.78, 5) is 0. The molecule has 0 aliphatic rings. The van der Waals surface area contributed by atoms with E-state index in [4.69, 9.17) is 5.11 Å². The van der Waals surface area contributed by atoms with Gasteiger partial charge in [-0.1, -0.05) is 13.8 Å². The van der Waals surface area contributed by atoms with Gasteiger partial charge in [-0.15, -0.1) is 0 Å². The third-order valence-corrected chi connectivity index (χ3v) is 3.07. The van der Waals surface area contributed by atoms with Crippen LogP contribution in [-0.2, 0) is 6.54 Å². The summed E-state index contributed by atoms with van der Waals surface area (Å²) in [5.41, 5.74) is 3.41. The number of rotatable bonds is 6. The molecule has 0 aliphatic heterocycles. The molecule has 4 nitrogen and oxygen atoms in total. The lowest BCUT2D eigenvalue weighted by Crippen LogP contribution is -2.34. The van der Waals surface area contributed by atoms with Crippen molar-refractivity contribution >= 4 is 0 Å². The number of H-pyrrole nitrogens is 1. The monoisotopic (exact) mass is 225 g/mol. The van der Waals surface area contributed by atoms with Crippen LogP contribution in [-0.4, -0.2) is 28.0 Å². The first-order valence-electron chi connectivity index (χ1n) is 5.91. The molecule has 0 radical (unpaired) electrons. The molecule has 1 unspecified atom stereocenters.